The van der Waals surface area contributed by atoms with E-state index in [2.05, 4.69) is 42.6 Å². The quantitative estimate of drug-likeness (QED) is 0.757. The molecule has 0 aliphatic heterocycles. The predicted octanol–water partition coefficient (Wildman–Crippen LogP) is 4.96. The van der Waals surface area contributed by atoms with Crippen LogP contribution in [0.25, 0.3) is 0 Å². The van der Waals surface area contributed by atoms with Crippen LogP contribution >= 0.6 is 23.4 Å². The van der Waals surface area contributed by atoms with Crippen LogP contribution in [0.4, 0.5) is 0 Å². The number of likely N-dealkylation sites (N-methyl/N-ethyl adjacent to an activating group) is 1. The Bertz CT molecular complexity index is 539. The zero-order valence-electron chi connectivity index (χ0n) is 11.9. The first-order chi connectivity index (χ1) is 9.74. The normalized spacial score (nSPS) is 12.3. The molecule has 20 heavy (non-hydrogen) atoms. The highest BCUT2D eigenvalue weighted by molar-refractivity contribution is 7.99. The van der Waals surface area contributed by atoms with Crippen LogP contribution in [0.2, 0.25) is 5.02 Å². The largest absolute Gasteiger partial charge is 0.313 e. The number of hydrogen-bond donors (Lipinski definition) is 1. The van der Waals surface area contributed by atoms with Gasteiger partial charge in [0.25, 0.3) is 0 Å². The molecule has 0 aromatic heterocycles. The number of hydrogen-bond acceptors (Lipinski definition) is 2. The predicted molar refractivity (Wildman–Crippen MR) is 89.8 cm³/mol. The van der Waals surface area contributed by atoms with Crippen molar-refractivity contribution in [3.05, 3.63) is 64.7 Å². The van der Waals surface area contributed by atoms with Crippen molar-refractivity contribution in [2.24, 2.45) is 0 Å². The summed E-state index contributed by atoms with van der Waals surface area (Å²) in [4.78, 5) is 1.32. The molecule has 0 radical (unpaired) electrons. The SMILES string of the molecule is CCSc1ccc(C(Cc2ccccc2Cl)NC)cc1. The van der Waals surface area contributed by atoms with Crippen molar-refractivity contribution in [3.8, 4) is 0 Å². The van der Waals surface area contributed by atoms with Gasteiger partial charge < -0.3 is 5.32 Å². The van der Waals surface area contributed by atoms with E-state index in [9.17, 15) is 0 Å². The molecule has 0 aliphatic carbocycles. The molecule has 3 heteroatoms. The van der Waals surface area contributed by atoms with E-state index in [0.29, 0.717) is 0 Å². The van der Waals surface area contributed by atoms with Crippen LogP contribution in [-0.2, 0) is 6.42 Å². The lowest BCUT2D eigenvalue weighted by Gasteiger charge is -2.18. The molecule has 1 N–H and O–H groups in total. The zero-order valence-corrected chi connectivity index (χ0v) is 13.5. The third kappa shape index (κ3) is 4.02. The van der Waals surface area contributed by atoms with Gasteiger partial charge in [-0.15, -0.1) is 11.8 Å². The average Bonchev–Trinajstić information content (AvgIpc) is 2.48. The van der Waals surface area contributed by atoms with Crippen LogP contribution in [0.5, 0.6) is 0 Å². The molecule has 0 aliphatic rings. The van der Waals surface area contributed by atoms with Crippen molar-refractivity contribution in [1.29, 1.82) is 0 Å². The van der Waals surface area contributed by atoms with Gasteiger partial charge in [0.2, 0.25) is 0 Å². The Kier molecular flexibility index (Phi) is 5.96. The van der Waals surface area contributed by atoms with Crippen LogP contribution in [0, 0.1) is 0 Å². The summed E-state index contributed by atoms with van der Waals surface area (Å²) in [5.41, 5.74) is 2.48. The lowest BCUT2D eigenvalue weighted by atomic mass is 9.99. The number of thioether (sulfide) groups is 1. The molecular weight excluding hydrogens is 286 g/mol. The third-order valence-corrected chi connectivity index (χ3v) is 4.59. The molecule has 0 saturated heterocycles. The van der Waals surface area contributed by atoms with Crippen LogP contribution in [0.1, 0.15) is 24.1 Å². The first-order valence-electron chi connectivity index (χ1n) is 6.88. The minimum Gasteiger partial charge on any atom is -0.313 e. The maximum Gasteiger partial charge on any atom is 0.0438 e. The van der Waals surface area contributed by atoms with Crippen LogP contribution in [-0.4, -0.2) is 12.8 Å². The van der Waals surface area contributed by atoms with Crippen LogP contribution < -0.4 is 5.32 Å². The summed E-state index contributed by atoms with van der Waals surface area (Å²) >= 11 is 8.12. The molecule has 106 valence electrons. The Morgan fingerprint density at radius 2 is 1.80 bits per heavy atom. The first kappa shape index (κ1) is 15.4. The third-order valence-electron chi connectivity index (χ3n) is 3.32. The summed E-state index contributed by atoms with van der Waals surface area (Å²) in [6.45, 7) is 2.17. The molecule has 1 nitrogen and oxygen atoms in total. The number of rotatable bonds is 6. The Morgan fingerprint density at radius 1 is 1.10 bits per heavy atom. The number of benzene rings is 2. The van der Waals surface area contributed by atoms with Gasteiger partial charge in [0.1, 0.15) is 0 Å². The number of nitrogens with one attached hydrogen (secondary N) is 1. The van der Waals surface area contributed by atoms with E-state index in [1.54, 1.807) is 0 Å². The van der Waals surface area contributed by atoms with Gasteiger partial charge in [0, 0.05) is 16.0 Å². The van der Waals surface area contributed by atoms with Gasteiger partial charge in [-0.05, 0) is 48.5 Å². The Hall–Kier alpha value is -0.960. The fourth-order valence-corrected chi connectivity index (χ4v) is 3.11. The van der Waals surface area contributed by atoms with Crippen molar-refractivity contribution in [1.82, 2.24) is 5.32 Å². The monoisotopic (exact) mass is 305 g/mol. The Labute approximate surface area is 130 Å². The van der Waals surface area contributed by atoms with Gasteiger partial charge in [-0.2, -0.15) is 0 Å². The van der Waals surface area contributed by atoms with E-state index in [1.165, 1.54) is 16.0 Å². The minimum absolute atomic E-state index is 0.288. The highest BCUT2D eigenvalue weighted by atomic mass is 35.5. The van der Waals surface area contributed by atoms with Gasteiger partial charge in [0.15, 0.2) is 0 Å². The maximum atomic E-state index is 6.25. The smallest absolute Gasteiger partial charge is 0.0438 e. The molecule has 2 rings (SSSR count). The summed E-state index contributed by atoms with van der Waals surface area (Å²) in [7, 11) is 2.00. The molecule has 1 unspecified atom stereocenters. The molecule has 0 heterocycles. The van der Waals surface area contributed by atoms with E-state index < -0.39 is 0 Å². The molecule has 0 spiro atoms. The first-order valence-corrected chi connectivity index (χ1v) is 8.24. The van der Waals surface area contributed by atoms with E-state index in [0.717, 1.165) is 17.2 Å². The van der Waals surface area contributed by atoms with E-state index in [-0.39, 0.29) is 6.04 Å². The zero-order chi connectivity index (χ0) is 14.4. The molecule has 0 fully saturated rings. The second-order valence-corrected chi connectivity index (χ2v) is 6.38. The van der Waals surface area contributed by atoms with Gasteiger partial charge in [-0.25, -0.2) is 0 Å². The standard InChI is InChI=1S/C17H20ClNS/c1-3-20-15-10-8-13(9-11-15)17(19-2)12-14-6-4-5-7-16(14)18/h4-11,17,19H,3,12H2,1-2H3. The summed E-state index contributed by atoms with van der Waals surface area (Å²) in [6, 6.07) is 17.1. The average molecular weight is 306 g/mol. The van der Waals surface area contributed by atoms with Crippen LogP contribution in [0.15, 0.2) is 53.4 Å². The lowest BCUT2D eigenvalue weighted by Crippen LogP contribution is -2.18. The van der Waals surface area contributed by atoms with Crippen molar-refractivity contribution in [2.45, 2.75) is 24.3 Å². The highest BCUT2D eigenvalue weighted by Gasteiger charge is 2.11. The molecular formula is C17H20ClNS. The van der Waals surface area contributed by atoms with Crippen molar-refractivity contribution in [3.63, 3.8) is 0 Å². The molecule has 0 bridgehead atoms. The summed E-state index contributed by atoms with van der Waals surface area (Å²) < 4.78 is 0. The summed E-state index contributed by atoms with van der Waals surface area (Å²) in [5, 5.41) is 4.22. The van der Waals surface area contributed by atoms with Crippen molar-refractivity contribution in [2.75, 3.05) is 12.8 Å². The summed E-state index contributed by atoms with van der Waals surface area (Å²) in [5.74, 6) is 1.11. The fourth-order valence-electron chi connectivity index (χ4n) is 2.23. The van der Waals surface area contributed by atoms with Crippen molar-refractivity contribution >= 4 is 23.4 Å². The van der Waals surface area contributed by atoms with E-state index in [1.807, 2.05) is 37.0 Å². The van der Waals surface area contributed by atoms with Gasteiger partial charge in [-0.1, -0.05) is 48.9 Å². The molecule has 2 aromatic carbocycles. The number of halogens is 1. The molecule has 1 atom stereocenters. The fraction of sp³-hybridized carbons (Fsp3) is 0.294. The minimum atomic E-state index is 0.288. The molecule has 0 saturated carbocycles. The summed E-state index contributed by atoms with van der Waals surface area (Å²) in [6.07, 6.45) is 0.899. The topological polar surface area (TPSA) is 12.0 Å². The van der Waals surface area contributed by atoms with Gasteiger partial charge in [0.05, 0.1) is 0 Å². The van der Waals surface area contributed by atoms with Crippen LogP contribution in [0.3, 0.4) is 0 Å². The molecule has 2 aromatic rings. The lowest BCUT2D eigenvalue weighted by molar-refractivity contribution is 0.592. The molecule has 0 amide bonds. The Morgan fingerprint density at radius 3 is 2.40 bits per heavy atom. The van der Waals surface area contributed by atoms with Gasteiger partial charge >= 0.3 is 0 Å². The Balaban J connectivity index is 2.13. The second kappa shape index (κ2) is 7.72. The maximum absolute atomic E-state index is 6.25. The second-order valence-electron chi connectivity index (χ2n) is 4.64. The van der Waals surface area contributed by atoms with E-state index in [4.69, 9.17) is 11.6 Å². The van der Waals surface area contributed by atoms with Gasteiger partial charge in [-0.3, -0.25) is 0 Å². The highest BCUT2D eigenvalue weighted by Crippen LogP contribution is 2.25. The van der Waals surface area contributed by atoms with Crippen molar-refractivity contribution < 1.29 is 0 Å². The van der Waals surface area contributed by atoms with E-state index >= 15 is 0 Å².